The van der Waals surface area contributed by atoms with Gasteiger partial charge in [-0.25, -0.2) is 0 Å². The minimum atomic E-state index is -0.524. The lowest BCUT2D eigenvalue weighted by Crippen LogP contribution is -2.30. The Balaban J connectivity index is 1.50. The molecule has 0 fully saturated rings. The van der Waals surface area contributed by atoms with Crippen molar-refractivity contribution in [1.82, 2.24) is 5.32 Å². The van der Waals surface area contributed by atoms with Crippen molar-refractivity contribution in [3.05, 3.63) is 137 Å². The zero-order chi connectivity index (χ0) is 28.3. The first kappa shape index (κ1) is 27.6. The van der Waals surface area contributed by atoms with Crippen LogP contribution in [0.25, 0.3) is 12.2 Å². The molecular weight excluding hydrogens is 504 g/mol. The van der Waals surface area contributed by atoms with Crippen LogP contribution in [0.4, 0.5) is 5.69 Å². The number of methoxy groups -OCH3 is 2. The molecule has 0 unspecified atom stereocenters. The standard InChI is InChI=1S/C33H28N2O5/c1-39-28-12-6-8-23(20-28)14-19-31(36)25-15-17-27(18-16-25)34-33(38)30(22-24-9-7-13-29(21-24)40-2)35-32(37)26-10-4-3-5-11-26/h3-22H,1-2H3,(H,34,38)(H,35,37)/b19-14+,30-22-. The molecule has 200 valence electrons. The van der Waals surface area contributed by atoms with Crippen molar-refractivity contribution < 1.29 is 23.9 Å². The number of carbonyl (C=O) groups is 3. The normalized spacial score (nSPS) is 11.1. The molecule has 7 heteroatoms. The molecule has 4 aromatic rings. The zero-order valence-corrected chi connectivity index (χ0v) is 22.1. The van der Waals surface area contributed by atoms with E-state index in [2.05, 4.69) is 10.6 Å². The monoisotopic (exact) mass is 532 g/mol. The van der Waals surface area contributed by atoms with Crippen molar-refractivity contribution in [1.29, 1.82) is 0 Å². The average molecular weight is 533 g/mol. The van der Waals surface area contributed by atoms with Gasteiger partial charge in [0, 0.05) is 16.8 Å². The minimum absolute atomic E-state index is 0.0449. The fourth-order valence-electron chi connectivity index (χ4n) is 3.77. The molecule has 0 atom stereocenters. The highest BCUT2D eigenvalue weighted by Gasteiger charge is 2.15. The van der Waals surface area contributed by atoms with E-state index in [4.69, 9.17) is 9.47 Å². The molecule has 0 radical (unpaired) electrons. The molecule has 0 bridgehead atoms. The number of anilines is 1. The van der Waals surface area contributed by atoms with Crippen LogP contribution in [0.5, 0.6) is 11.5 Å². The summed E-state index contributed by atoms with van der Waals surface area (Å²) in [7, 11) is 3.14. The molecule has 0 aliphatic heterocycles. The lowest BCUT2D eigenvalue weighted by molar-refractivity contribution is -0.113. The van der Waals surface area contributed by atoms with Crippen molar-refractivity contribution in [3.8, 4) is 11.5 Å². The topological polar surface area (TPSA) is 93.7 Å². The highest BCUT2D eigenvalue weighted by molar-refractivity contribution is 6.11. The molecule has 0 saturated heterocycles. The van der Waals surface area contributed by atoms with Gasteiger partial charge in [-0.15, -0.1) is 0 Å². The quantitative estimate of drug-likeness (QED) is 0.193. The molecule has 7 nitrogen and oxygen atoms in total. The number of hydrogen-bond acceptors (Lipinski definition) is 5. The summed E-state index contributed by atoms with van der Waals surface area (Å²) in [5.41, 5.74) is 2.89. The van der Waals surface area contributed by atoms with Crippen molar-refractivity contribution in [2.45, 2.75) is 0 Å². The summed E-state index contributed by atoms with van der Waals surface area (Å²) >= 11 is 0. The van der Waals surface area contributed by atoms with Gasteiger partial charge in [-0.1, -0.05) is 48.5 Å². The van der Waals surface area contributed by atoms with Crippen molar-refractivity contribution >= 4 is 35.4 Å². The molecule has 0 aliphatic rings. The molecule has 2 N–H and O–H groups in total. The van der Waals surface area contributed by atoms with Crippen molar-refractivity contribution in [2.24, 2.45) is 0 Å². The van der Waals surface area contributed by atoms with Gasteiger partial charge in [-0.3, -0.25) is 14.4 Å². The van der Waals surface area contributed by atoms with Crippen LogP contribution < -0.4 is 20.1 Å². The summed E-state index contributed by atoms with van der Waals surface area (Å²) in [6, 6.07) is 29.6. The third-order valence-electron chi connectivity index (χ3n) is 5.88. The van der Waals surface area contributed by atoms with E-state index in [0.29, 0.717) is 33.9 Å². The Morgan fingerprint density at radius 1 is 0.675 bits per heavy atom. The summed E-state index contributed by atoms with van der Waals surface area (Å²) in [5, 5.41) is 5.49. The molecular formula is C33H28N2O5. The van der Waals surface area contributed by atoms with Crippen LogP contribution in [0.15, 0.2) is 115 Å². The summed E-state index contributed by atoms with van der Waals surface area (Å²) in [6.07, 6.45) is 4.77. The molecule has 0 aromatic heterocycles. The number of ether oxygens (including phenoxy) is 2. The van der Waals surface area contributed by atoms with Gasteiger partial charge in [0.15, 0.2) is 5.78 Å². The summed E-state index contributed by atoms with van der Waals surface area (Å²) in [4.78, 5) is 38.7. The number of amides is 2. The van der Waals surface area contributed by atoms with Crippen LogP contribution in [0, 0.1) is 0 Å². The number of rotatable bonds is 10. The summed E-state index contributed by atoms with van der Waals surface area (Å²) < 4.78 is 10.5. The van der Waals surface area contributed by atoms with Crippen LogP contribution in [0.2, 0.25) is 0 Å². The number of nitrogens with one attached hydrogen (secondary N) is 2. The van der Waals surface area contributed by atoms with Crippen LogP contribution in [0.1, 0.15) is 31.8 Å². The summed E-state index contributed by atoms with van der Waals surface area (Å²) in [5.74, 6) is 0.185. The van der Waals surface area contributed by atoms with E-state index < -0.39 is 11.8 Å². The van der Waals surface area contributed by atoms with Gasteiger partial charge in [-0.05, 0) is 83.9 Å². The number of hydrogen-bond donors (Lipinski definition) is 2. The molecule has 2 amide bonds. The largest absolute Gasteiger partial charge is 0.497 e. The van der Waals surface area contributed by atoms with Crippen LogP contribution in [-0.2, 0) is 4.79 Å². The number of ketones is 1. The van der Waals surface area contributed by atoms with E-state index >= 15 is 0 Å². The van der Waals surface area contributed by atoms with Crippen molar-refractivity contribution in [3.63, 3.8) is 0 Å². The second kappa shape index (κ2) is 13.4. The van der Waals surface area contributed by atoms with Gasteiger partial charge < -0.3 is 20.1 Å². The van der Waals surface area contributed by atoms with Gasteiger partial charge in [0.2, 0.25) is 0 Å². The maximum absolute atomic E-state index is 13.3. The molecule has 0 aliphatic carbocycles. The van der Waals surface area contributed by atoms with Gasteiger partial charge >= 0.3 is 0 Å². The van der Waals surface area contributed by atoms with Crippen LogP contribution >= 0.6 is 0 Å². The molecule has 4 rings (SSSR count). The lowest BCUT2D eigenvalue weighted by Gasteiger charge is -2.12. The molecule has 4 aromatic carbocycles. The Kier molecular flexibility index (Phi) is 9.24. The number of benzene rings is 4. The first-order valence-electron chi connectivity index (χ1n) is 12.4. The maximum atomic E-state index is 13.3. The summed E-state index contributed by atoms with van der Waals surface area (Å²) in [6.45, 7) is 0. The highest BCUT2D eigenvalue weighted by Crippen LogP contribution is 2.18. The van der Waals surface area contributed by atoms with Gasteiger partial charge in [-0.2, -0.15) is 0 Å². The highest BCUT2D eigenvalue weighted by atomic mass is 16.5. The lowest BCUT2D eigenvalue weighted by atomic mass is 10.1. The van der Waals surface area contributed by atoms with E-state index in [9.17, 15) is 14.4 Å². The van der Waals surface area contributed by atoms with E-state index in [1.165, 1.54) is 6.08 Å². The number of allylic oxidation sites excluding steroid dienone is 1. The second-order valence-corrected chi connectivity index (χ2v) is 8.66. The van der Waals surface area contributed by atoms with Crippen molar-refractivity contribution in [2.75, 3.05) is 19.5 Å². The maximum Gasteiger partial charge on any atom is 0.272 e. The van der Waals surface area contributed by atoms with E-state index in [1.807, 2.05) is 24.3 Å². The Morgan fingerprint density at radius 3 is 1.95 bits per heavy atom. The Labute approximate surface area is 232 Å². The van der Waals surface area contributed by atoms with Crippen LogP contribution in [-0.4, -0.2) is 31.8 Å². The predicted molar refractivity (Wildman–Crippen MR) is 156 cm³/mol. The first-order valence-corrected chi connectivity index (χ1v) is 12.4. The molecule has 0 saturated carbocycles. The second-order valence-electron chi connectivity index (χ2n) is 8.66. The van der Waals surface area contributed by atoms with Gasteiger partial charge in [0.25, 0.3) is 11.8 Å². The van der Waals surface area contributed by atoms with Gasteiger partial charge in [0.05, 0.1) is 14.2 Å². The number of carbonyl (C=O) groups excluding carboxylic acids is 3. The zero-order valence-electron chi connectivity index (χ0n) is 22.1. The molecule has 0 heterocycles. The van der Waals surface area contributed by atoms with E-state index in [-0.39, 0.29) is 11.5 Å². The minimum Gasteiger partial charge on any atom is -0.497 e. The first-order chi connectivity index (χ1) is 19.4. The third kappa shape index (κ3) is 7.55. The fourth-order valence-corrected chi connectivity index (χ4v) is 3.77. The fraction of sp³-hybridized carbons (Fsp3) is 0.0606. The molecule has 0 spiro atoms. The van der Waals surface area contributed by atoms with Crippen LogP contribution in [0.3, 0.4) is 0 Å². The Bertz CT molecular complexity index is 1560. The average Bonchev–Trinajstić information content (AvgIpc) is 3.00. The third-order valence-corrected chi connectivity index (χ3v) is 5.88. The molecule has 40 heavy (non-hydrogen) atoms. The van der Waals surface area contributed by atoms with Gasteiger partial charge in [0.1, 0.15) is 17.2 Å². The Morgan fingerprint density at radius 2 is 1.30 bits per heavy atom. The predicted octanol–water partition coefficient (Wildman–Crippen LogP) is 6.01. The Hall–Kier alpha value is -5.43. The van der Waals surface area contributed by atoms with E-state index in [0.717, 1.165) is 5.56 Å². The smallest absolute Gasteiger partial charge is 0.272 e. The SMILES string of the molecule is COc1cccc(/C=C(\NC(=O)c2ccccc2)C(=O)Nc2ccc(C(=O)/C=C/c3cccc(OC)c3)cc2)c1. The van der Waals surface area contributed by atoms with E-state index in [1.54, 1.807) is 105 Å².